The molecular weight excluding hydrogens is 338 g/mol. The maximum atomic E-state index is 13.0. The monoisotopic (exact) mass is 363 g/mol. The van der Waals surface area contributed by atoms with Gasteiger partial charge in [-0.3, -0.25) is 19.4 Å². The first-order valence-corrected chi connectivity index (χ1v) is 9.62. The molecule has 2 amide bonds. The van der Waals surface area contributed by atoms with E-state index in [1.807, 2.05) is 48.5 Å². The molecule has 0 bridgehead atoms. The van der Waals surface area contributed by atoms with Gasteiger partial charge in [-0.2, -0.15) is 0 Å². The second-order valence-corrected chi connectivity index (χ2v) is 7.64. The number of anilines is 2. The van der Waals surface area contributed by atoms with Crippen LogP contribution in [0.25, 0.3) is 0 Å². The largest absolute Gasteiger partial charge is 0.323 e. The zero-order valence-electron chi connectivity index (χ0n) is 15.6. The van der Waals surface area contributed by atoms with Crippen LogP contribution in [0.1, 0.15) is 35.7 Å². The van der Waals surface area contributed by atoms with Crippen molar-refractivity contribution in [2.45, 2.75) is 26.3 Å². The molecule has 0 spiro atoms. The lowest BCUT2D eigenvalue weighted by Gasteiger charge is -2.31. The van der Waals surface area contributed by atoms with Gasteiger partial charge in [-0.25, -0.2) is 0 Å². The van der Waals surface area contributed by atoms with Gasteiger partial charge in [-0.15, -0.1) is 0 Å². The summed E-state index contributed by atoms with van der Waals surface area (Å²) < 4.78 is 0. The zero-order valence-corrected chi connectivity index (χ0v) is 15.6. The Hall–Kier alpha value is -2.66. The molecule has 2 aliphatic heterocycles. The van der Waals surface area contributed by atoms with Crippen molar-refractivity contribution in [1.29, 1.82) is 0 Å². The number of fused-ring (bicyclic) bond motifs is 1. The predicted octanol–water partition coefficient (Wildman–Crippen LogP) is 3.52. The molecule has 5 heteroatoms. The van der Waals surface area contributed by atoms with Crippen LogP contribution in [0, 0.1) is 5.92 Å². The van der Waals surface area contributed by atoms with Crippen LogP contribution in [0.3, 0.4) is 0 Å². The summed E-state index contributed by atoms with van der Waals surface area (Å²) >= 11 is 0. The second kappa shape index (κ2) is 7.53. The van der Waals surface area contributed by atoms with Crippen molar-refractivity contribution in [3.63, 3.8) is 0 Å². The molecule has 0 aliphatic carbocycles. The number of carbonyl (C=O) groups excluding carboxylic acids is 2. The van der Waals surface area contributed by atoms with E-state index in [4.69, 9.17) is 0 Å². The molecule has 2 aromatic carbocycles. The molecular formula is C22H25N3O2. The number of para-hydroxylation sites is 2. The highest BCUT2D eigenvalue weighted by Gasteiger charge is 2.27. The molecule has 0 saturated carbocycles. The third kappa shape index (κ3) is 3.88. The topological polar surface area (TPSA) is 52.7 Å². The van der Waals surface area contributed by atoms with Crippen LogP contribution in [0.4, 0.5) is 11.4 Å². The maximum absolute atomic E-state index is 13.0. The summed E-state index contributed by atoms with van der Waals surface area (Å²) in [4.78, 5) is 29.0. The molecule has 1 atom stereocenters. The summed E-state index contributed by atoms with van der Waals surface area (Å²) in [5.41, 5.74) is 3.25. The summed E-state index contributed by atoms with van der Waals surface area (Å²) in [6.45, 7) is 5.56. The average molecular weight is 363 g/mol. The third-order valence-corrected chi connectivity index (χ3v) is 5.36. The van der Waals surface area contributed by atoms with Crippen molar-refractivity contribution in [3.05, 3.63) is 59.7 Å². The van der Waals surface area contributed by atoms with E-state index in [-0.39, 0.29) is 18.4 Å². The quantitative estimate of drug-likeness (QED) is 0.908. The van der Waals surface area contributed by atoms with E-state index in [0.717, 1.165) is 31.2 Å². The molecule has 0 radical (unpaired) electrons. The minimum atomic E-state index is -0.169. The summed E-state index contributed by atoms with van der Waals surface area (Å²) in [6, 6.07) is 15.2. The molecule has 2 aliphatic rings. The fraction of sp³-hybridized carbons (Fsp3) is 0.364. The Morgan fingerprint density at radius 3 is 2.70 bits per heavy atom. The Morgan fingerprint density at radius 2 is 1.93 bits per heavy atom. The van der Waals surface area contributed by atoms with Gasteiger partial charge in [0.1, 0.15) is 6.54 Å². The number of amides is 2. The van der Waals surface area contributed by atoms with Crippen molar-refractivity contribution in [3.8, 4) is 0 Å². The van der Waals surface area contributed by atoms with Gasteiger partial charge < -0.3 is 5.32 Å². The molecule has 4 rings (SSSR count). The molecule has 1 N–H and O–H groups in total. The Bertz CT molecular complexity index is 847. The van der Waals surface area contributed by atoms with E-state index >= 15 is 0 Å². The Labute approximate surface area is 160 Å². The molecule has 5 nitrogen and oxygen atoms in total. The molecule has 2 heterocycles. The number of likely N-dealkylation sites (tertiary alicyclic amines) is 1. The molecule has 1 saturated heterocycles. The smallest absolute Gasteiger partial charge is 0.258 e. The van der Waals surface area contributed by atoms with Crippen molar-refractivity contribution in [2.75, 3.05) is 29.9 Å². The summed E-state index contributed by atoms with van der Waals surface area (Å²) in [5, 5.41) is 2.82. The first kappa shape index (κ1) is 17.7. The highest BCUT2D eigenvalue weighted by atomic mass is 16.2. The minimum absolute atomic E-state index is 0.0449. The number of rotatable bonds is 3. The minimum Gasteiger partial charge on any atom is -0.323 e. The number of piperidine rings is 1. The Morgan fingerprint density at radius 1 is 1.15 bits per heavy atom. The van der Waals surface area contributed by atoms with Crippen LogP contribution in [-0.4, -0.2) is 36.3 Å². The van der Waals surface area contributed by atoms with Gasteiger partial charge in [0.25, 0.3) is 5.91 Å². The van der Waals surface area contributed by atoms with E-state index < -0.39 is 0 Å². The van der Waals surface area contributed by atoms with E-state index in [1.54, 1.807) is 4.90 Å². The van der Waals surface area contributed by atoms with Crippen molar-refractivity contribution in [1.82, 2.24) is 4.90 Å². The van der Waals surface area contributed by atoms with E-state index in [2.05, 4.69) is 17.1 Å². The van der Waals surface area contributed by atoms with Crippen molar-refractivity contribution >= 4 is 23.2 Å². The fourth-order valence-corrected chi connectivity index (χ4v) is 4.01. The Kier molecular flexibility index (Phi) is 4.94. The SMILES string of the molecule is CC1CCCN(Cc2ccc(C(=O)N3CC(=O)Nc4ccccc43)cc2)C1. The van der Waals surface area contributed by atoms with Gasteiger partial charge in [0.2, 0.25) is 5.91 Å². The van der Waals surface area contributed by atoms with Crippen LogP contribution in [-0.2, 0) is 11.3 Å². The zero-order chi connectivity index (χ0) is 18.8. The van der Waals surface area contributed by atoms with Crippen LogP contribution in [0.2, 0.25) is 0 Å². The number of benzene rings is 2. The third-order valence-electron chi connectivity index (χ3n) is 5.36. The standard InChI is InChI=1S/C22H25N3O2/c1-16-5-4-12-24(13-16)14-17-8-10-18(11-9-17)22(27)25-15-21(26)23-19-6-2-3-7-20(19)25/h2-3,6-11,16H,4-5,12-15H2,1H3,(H,23,26). The lowest BCUT2D eigenvalue weighted by atomic mass is 9.99. The highest BCUT2D eigenvalue weighted by molar-refractivity contribution is 6.15. The lowest BCUT2D eigenvalue weighted by Crippen LogP contribution is -2.42. The predicted molar refractivity (Wildman–Crippen MR) is 107 cm³/mol. The van der Waals surface area contributed by atoms with Crippen LogP contribution < -0.4 is 10.2 Å². The molecule has 1 unspecified atom stereocenters. The summed E-state index contributed by atoms with van der Waals surface area (Å²) in [5.74, 6) is 0.443. The van der Waals surface area contributed by atoms with Gasteiger partial charge in [-0.1, -0.05) is 31.2 Å². The van der Waals surface area contributed by atoms with Gasteiger partial charge in [-0.05, 0) is 55.1 Å². The van der Waals surface area contributed by atoms with Gasteiger partial charge in [0, 0.05) is 18.7 Å². The molecule has 27 heavy (non-hydrogen) atoms. The maximum Gasteiger partial charge on any atom is 0.258 e. The van der Waals surface area contributed by atoms with E-state index in [0.29, 0.717) is 11.3 Å². The molecule has 140 valence electrons. The number of hydrogen-bond acceptors (Lipinski definition) is 3. The average Bonchev–Trinajstić information content (AvgIpc) is 2.67. The molecule has 0 aromatic heterocycles. The van der Waals surface area contributed by atoms with Gasteiger partial charge in [0.05, 0.1) is 11.4 Å². The van der Waals surface area contributed by atoms with Crippen molar-refractivity contribution < 1.29 is 9.59 Å². The Balaban J connectivity index is 1.49. The summed E-state index contributed by atoms with van der Waals surface area (Å²) in [7, 11) is 0. The van der Waals surface area contributed by atoms with Gasteiger partial charge in [0.15, 0.2) is 0 Å². The first-order valence-electron chi connectivity index (χ1n) is 9.62. The molecule has 2 aromatic rings. The molecule has 1 fully saturated rings. The fourth-order valence-electron chi connectivity index (χ4n) is 4.01. The van der Waals surface area contributed by atoms with Crippen LogP contribution >= 0.6 is 0 Å². The number of nitrogens with zero attached hydrogens (tertiary/aromatic N) is 2. The number of nitrogens with one attached hydrogen (secondary N) is 1. The number of carbonyl (C=O) groups is 2. The van der Waals surface area contributed by atoms with E-state index in [9.17, 15) is 9.59 Å². The van der Waals surface area contributed by atoms with Crippen molar-refractivity contribution in [2.24, 2.45) is 5.92 Å². The number of hydrogen-bond donors (Lipinski definition) is 1. The van der Waals surface area contributed by atoms with Crippen LogP contribution in [0.15, 0.2) is 48.5 Å². The van der Waals surface area contributed by atoms with Gasteiger partial charge >= 0.3 is 0 Å². The first-order chi connectivity index (χ1) is 13.1. The lowest BCUT2D eigenvalue weighted by molar-refractivity contribution is -0.115. The highest BCUT2D eigenvalue weighted by Crippen LogP contribution is 2.30. The second-order valence-electron chi connectivity index (χ2n) is 7.64. The van der Waals surface area contributed by atoms with Crippen LogP contribution in [0.5, 0.6) is 0 Å². The van der Waals surface area contributed by atoms with E-state index in [1.165, 1.54) is 18.4 Å². The summed E-state index contributed by atoms with van der Waals surface area (Å²) in [6.07, 6.45) is 2.57. The normalized spacial score (nSPS) is 20.1.